The molecule has 3 heterocycles. The second-order valence-corrected chi connectivity index (χ2v) is 7.78. The Labute approximate surface area is 165 Å². The van der Waals surface area contributed by atoms with Gasteiger partial charge in [-0.3, -0.25) is 9.59 Å². The van der Waals surface area contributed by atoms with Gasteiger partial charge in [0.15, 0.2) is 5.82 Å². The molecule has 0 unspecified atom stereocenters. The average molecular weight is 381 g/mol. The van der Waals surface area contributed by atoms with Crippen molar-refractivity contribution in [3.8, 4) is 0 Å². The van der Waals surface area contributed by atoms with Crippen LogP contribution in [0.4, 0.5) is 0 Å². The third kappa shape index (κ3) is 3.93. The summed E-state index contributed by atoms with van der Waals surface area (Å²) in [6, 6.07) is 10.4. The molecule has 0 saturated carbocycles. The Balaban J connectivity index is 1.35. The lowest BCUT2D eigenvalue weighted by atomic mass is 10.1. The minimum Gasteiger partial charge on any atom is -0.343 e. The number of nitrogens with zero attached hydrogens (tertiary/aromatic N) is 5. The van der Waals surface area contributed by atoms with Crippen molar-refractivity contribution in [3.05, 3.63) is 47.5 Å². The Bertz CT molecular complexity index is 848. The van der Waals surface area contributed by atoms with E-state index in [1.807, 2.05) is 28.0 Å². The molecule has 0 bridgehead atoms. The highest BCUT2D eigenvalue weighted by molar-refractivity contribution is 5.78. The van der Waals surface area contributed by atoms with Crippen LogP contribution in [-0.2, 0) is 22.6 Å². The Morgan fingerprint density at radius 1 is 1.21 bits per heavy atom. The maximum Gasteiger partial charge on any atom is 0.223 e. The summed E-state index contributed by atoms with van der Waals surface area (Å²) >= 11 is 0. The fraction of sp³-hybridized carbons (Fsp3) is 0.524. The minimum absolute atomic E-state index is 0.136. The lowest BCUT2D eigenvalue weighted by Gasteiger charge is -2.33. The lowest BCUT2D eigenvalue weighted by molar-refractivity contribution is -0.134. The van der Waals surface area contributed by atoms with Gasteiger partial charge in [-0.2, -0.15) is 0 Å². The van der Waals surface area contributed by atoms with Gasteiger partial charge < -0.3 is 14.4 Å². The van der Waals surface area contributed by atoms with Crippen molar-refractivity contribution >= 4 is 11.8 Å². The van der Waals surface area contributed by atoms with Gasteiger partial charge in [0, 0.05) is 38.9 Å². The number of rotatable bonds is 6. The number of carbonyl (C=O) groups excluding carboxylic acids is 2. The van der Waals surface area contributed by atoms with E-state index in [2.05, 4.69) is 33.8 Å². The molecule has 0 spiro atoms. The number of carbonyl (C=O) groups is 2. The average Bonchev–Trinajstić information content (AvgIpc) is 3.29. The van der Waals surface area contributed by atoms with Crippen molar-refractivity contribution in [2.45, 2.75) is 51.6 Å². The molecule has 7 nitrogen and oxygen atoms in total. The van der Waals surface area contributed by atoms with E-state index in [0.717, 1.165) is 37.5 Å². The van der Waals surface area contributed by atoms with E-state index < -0.39 is 0 Å². The third-order valence-corrected chi connectivity index (χ3v) is 5.64. The van der Waals surface area contributed by atoms with Crippen LogP contribution in [0.15, 0.2) is 30.3 Å². The standard InChI is InChI=1S/C21H27N5O2/c1-16-14-25(21(28)10-6-12-24-11-5-9-20(24)27)15-19-23-22-18(26(16)19)13-17-7-3-2-4-8-17/h2-4,7-8,16H,5-6,9-15H2,1H3/t16-/m0/s1. The molecule has 28 heavy (non-hydrogen) atoms. The highest BCUT2D eigenvalue weighted by Crippen LogP contribution is 2.23. The van der Waals surface area contributed by atoms with Crippen molar-refractivity contribution in [2.24, 2.45) is 0 Å². The van der Waals surface area contributed by atoms with Gasteiger partial charge in [-0.25, -0.2) is 0 Å². The smallest absolute Gasteiger partial charge is 0.223 e. The fourth-order valence-electron chi connectivity index (χ4n) is 4.22. The molecule has 4 rings (SSSR count). The van der Waals surface area contributed by atoms with E-state index in [1.165, 1.54) is 5.56 Å². The molecule has 7 heteroatoms. The van der Waals surface area contributed by atoms with Gasteiger partial charge in [-0.1, -0.05) is 30.3 Å². The normalized spacial score (nSPS) is 19.2. The molecule has 0 radical (unpaired) electrons. The van der Waals surface area contributed by atoms with Gasteiger partial charge in [-0.15, -0.1) is 10.2 Å². The van der Waals surface area contributed by atoms with Crippen LogP contribution in [0, 0.1) is 0 Å². The molecular weight excluding hydrogens is 354 g/mol. The number of aromatic nitrogens is 3. The maximum atomic E-state index is 12.7. The van der Waals surface area contributed by atoms with E-state index >= 15 is 0 Å². The first-order chi connectivity index (χ1) is 13.6. The molecule has 0 aliphatic carbocycles. The molecule has 2 amide bonds. The zero-order valence-corrected chi connectivity index (χ0v) is 16.4. The largest absolute Gasteiger partial charge is 0.343 e. The molecular formula is C21H27N5O2. The summed E-state index contributed by atoms with van der Waals surface area (Å²) in [6.07, 6.45) is 3.54. The van der Waals surface area contributed by atoms with E-state index in [-0.39, 0.29) is 17.9 Å². The van der Waals surface area contributed by atoms with Gasteiger partial charge >= 0.3 is 0 Å². The maximum absolute atomic E-state index is 12.7. The summed E-state index contributed by atoms with van der Waals surface area (Å²) < 4.78 is 2.18. The summed E-state index contributed by atoms with van der Waals surface area (Å²) in [5, 5.41) is 8.75. The predicted octanol–water partition coefficient (Wildman–Crippen LogP) is 2.17. The zero-order valence-electron chi connectivity index (χ0n) is 16.4. The number of hydrogen-bond donors (Lipinski definition) is 0. The van der Waals surface area contributed by atoms with Crippen LogP contribution in [0.5, 0.6) is 0 Å². The first kappa shape index (κ1) is 18.7. The molecule has 0 N–H and O–H groups in total. The first-order valence-corrected chi connectivity index (χ1v) is 10.1. The number of likely N-dealkylation sites (tertiary alicyclic amines) is 1. The second-order valence-electron chi connectivity index (χ2n) is 7.78. The summed E-state index contributed by atoms with van der Waals surface area (Å²) in [7, 11) is 0. The molecule has 1 aromatic carbocycles. The van der Waals surface area contributed by atoms with Gasteiger partial charge in [0.25, 0.3) is 0 Å². The van der Waals surface area contributed by atoms with E-state index in [0.29, 0.717) is 32.5 Å². The van der Waals surface area contributed by atoms with Gasteiger partial charge in [0.1, 0.15) is 5.82 Å². The van der Waals surface area contributed by atoms with Crippen molar-refractivity contribution in [1.82, 2.24) is 24.6 Å². The first-order valence-electron chi connectivity index (χ1n) is 10.1. The molecule has 1 fully saturated rings. The summed E-state index contributed by atoms with van der Waals surface area (Å²) in [6.45, 7) is 4.82. The van der Waals surface area contributed by atoms with Gasteiger partial charge in [0.2, 0.25) is 11.8 Å². The van der Waals surface area contributed by atoms with Crippen molar-refractivity contribution in [1.29, 1.82) is 0 Å². The van der Waals surface area contributed by atoms with Crippen LogP contribution in [0.1, 0.15) is 55.9 Å². The number of hydrogen-bond acceptors (Lipinski definition) is 4. The number of fused-ring (bicyclic) bond motifs is 1. The van der Waals surface area contributed by atoms with Crippen LogP contribution in [0.25, 0.3) is 0 Å². The second kappa shape index (κ2) is 8.12. The summed E-state index contributed by atoms with van der Waals surface area (Å²) in [5.41, 5.74) is 1.21. The Morgan fingerprint density at radius 2 is 2.04 bits per heavy atom. The molecule has 1 atom stereocenters. The Hall–Kier alpha value is -2.70. The summed E-state index contributed by atoms with van der Waals surface area (Å²) in [5.74, 6) is 2.16. The van der Waals surface area contributed by atoms with Crippen LogP contribution in [-0.4, -0.2) is 56.0 Å². The van der Waals surface area contributed by atoms with Crippen molar-refractivity contribution in [2.75, 3.05) is 19.6 Å². The van der Waals surface area contributed by atoms with Crippen LogP contribution >= 0.6 is 0 Å². The van der Waals surface area contributed by atoms with Gasteiger partial charge in [0.05, 0.1) is 12.6 Å². The fourth-order valence-corrected chi connectivity index (χ4v) is 4.22. The predicted molar refractivity (Wildman–Crippen MR) is 104 cm³/mol. The summed E-state index contributed by atoms with van der Waals surface area (Å²) in [4.78, 5) is 28.1. The Kier molecular flexibility index (Phi) is 5.41. The number of amides is 2. The minimum atomic E-state index is 0.136. The molecule has 148 valence electrons. The molecule has 1 saturated heterocycles. The topological polar surface area (TPSA) is 71.3 Å². The Morgan fingerprint density at radius 3 is 2.79 bits per heavy atom. The molecule has 2 aliphatic rings. The van der Waals surface area contributed by atoms with Crippen LogP contribution < -0.4 is 0 Å². The highest BCUT2D eigenvalue weighted by Gasteiger charge is 2.29. The molecule has 2 aromatic rings. The number of benzene rings is 1. The molecule has 1 aromatic heterocycles. The SMILES string of the molecule is C[C@H]1CN(C(=O)CCCN2CCCC2=O)Cc2nnc(Cc3ccccc3)n21. The van der Waals surface area contributed by atoms with Crippen LogP contribution in [0.3, 0.4) is 0 Å². The van der Waals surface area contributed by atoms with Crippen LogP contribution in [0.2, 0.25) is 0 Å². The van der Waals surface area contributed by atoms with Crippen molar-refractivity contribution < 1.29 is 9.59 Å². The quantitative estimate of drug-likeness (QED) is 0.769. The van der Waals surface area contributed by atoms with E-state index in [4.69, 9.17) is 0 Å². The van der Waals surface area contributed by atoms with Crippen molar-refractivity contribution in [3.63, 3.8) is 0 Å². The third-order valence-electron chi connectivity index (χ3n) is 5.64. The highest BCUT2D eigenvalue weighted by atomic mass is 16.2. The zero-order chi connectivity index (χ0) is 19.5. The lowest BCUT2D eigenvalue weighted by Crippen LogP contribution is -2.41. The van der Waals surface area contributed by atoms with E-state index in [1.54, 1.807) is 0 Å². The van der Waals surface area contributed by atoms with Gasteiger partial charge in [-0.05, 0) is 25.3 Å². The monoisotopic (exact) mass is 381 g/mol. The van der Waals surface area contributed by atoms with E-state index in [9.17, 15) is 9.59 Å². The molecule has 2 aliphatic heterocycles.